The monoisotopic (exact) mass is 369 g/mol. The Kier molecular flexibility index (Phi) is 9.38. The highest BCUT2D eigenvalue weighted by molar-refractivity contribution is 7.88. The van der Waals surface area contributed by atoms with Crippen molar-refractivity contribution >= 4 is 10.0 Å². The molecule has 1 heterocycles. The van der Waals surface area contributed by atoms with Crippen LogP contribution in [0.25, 0.3) is 0 Å². The lowest BCUT2D eigenvalue weighted by atomic mass is 10.1. The van der Waals surface area contributed by atoms with Gasteiger partial charge in [-0.3, -0.25) is 0 Å². The Morgan fingerprint density at radius 3 is 2.20 bits per heavy atom. The number of hydrogen-bond acceptors (Lipinski definition) is 6. The molecule has 0 bridgehead atoms. The molecular weight excluding hydrogens is 338 g/mol. The zero-order valence-corrected chi connectivity index (χ0v) is 15.7. The Morgan fingerprint density at radius 2 is 1.48 bits per heavy atom. The summed E-state index contributed by atoms with van der Waals surface area (Å²) < 4.78 is 26.8. The Hall–Kier alpha value is -1.03. The van der Waals surface area contributed by atoms with Crippen molar-refractivity contribution in [2.45, 2.75) is 57.1 Å². The summed E-state index contributed by atoms with van der Waals surface area (Å²) in [5.74, 6) is -0.0179. The van der Waals surface area contributed by atoms with E-state index in [-0.39, 0.29) is 5.75 Å². The largest absolute Gasteiger partial charge is 0.243 e. The van der Waals surface area contributed by atoms with Crippen LogP contribution >= 0.6 is 0 Å². The molecule has 2 rings (SSSR count). The summed E-state index contributed by atoms with van der Waals surface area (Å²) in [6, 6.07) is 9.26. The van der Waals surface area contributed by atoms with Gasteiger partial charge in [-0.25, -0.2) is 13.8 Å². The van der Waals surface area contributed by atoms with Gasteiger partial charge in [0.15, 0.2) is 0 Å². The second-order valence-electron chi connectivity index (χ2n) is 6.43. The Bertz CT molecular complexity index is 552. The van der Waals surface area contributed by atoms with Crippen molar-refractivity contribution in [1.82, 2.24) is 26.4 Å². The van der Waals surface area contributed by atoms with E-state index in [4.69, 9.17) is 0 Å². The van der Waals surface area contributed by atoms with Crippen molar-refractivity contribution in [3.63, 3.8) is 0 Å². The van der Waals surface area contributed by atoms with Crippen LogP contribution in [0.15, 0.2) is 30.3 Å². The molecular formula is C17H31N5O2S. The molecule has 4 N–H and O–H groups in total. The van der Waals surface area contributed by atoms with E-state index in [0.717, 1.165) is 37.8 Å². The van der Waals surface area contributed by atoms with Gasteiger partial charge in [-0.1, -0.05) is 68.9 Å². The van der Waals surface area contributed by atoms with Crippen LogP contribution in [-0.4, -0.2) is 25.9 Å². The predicted octanol–water partition coefficient (Wildman–Crippen LogP) is 1.97. The molecule has 0 amide bonds. The second kappa shape index (κ2) is 11.6. The Balaban J connectivity index is 1.93. The van der Waals surface area contributed by atoms with Gasteiger partial charge >= 0.3 is 0 Å². The summed E-state index contributed by atoms with van der Waals surface area (Å²) in [6.45, 7) is 1.29. The van der Waals surface area contributed by atoms with E-state index in [9.17, 15) is 8.42 Å². The summed E-state index contributed by atoms with van der Waals surface area (Å²) in [7, 11) is -3.46. The maximum Gasteiger partial charge on any atom is 0.232 e. The SMILES string of the molecule is O=S(=O)(Cc1ccccc1)N1CCCCCCCCCCNNNN1. The van der Waals surface area contributed by atoms with Crippen molar-refractivity contribution in [3.05, 3.63) is 35.9 Å². The number of sulfonamides is 1. The first-order valence-electron chi connectivity index (χ1n) is 9.21. The van der Waals surface area contributed by atoms with Crippen LogP contribution in [0.5, 0.6) is 0 Å². The molecule has 1 aromatic carbocycles. The van der Waals surface area contributed by atoms with Crippen LogP contribution in [0.2, 0.25) is 0 Å². The molecule has 8 heteroatoms. The van der Waals surface area contributed by atoms with Gasteiger partial charge in [0.25, 0.3) is 0 Å². The van der Waals surface area contributed by atoms with Gasteiger partial charge in [-0.15, -0.1) is 4.41 Å². The van der Waals surface area contributed by atoms with Crippen LogP contribution in [-0.2, 0) is 15.8 Å². The van der Waals surface area contributed by atoms with Gasteiger partial charge in [-0.2, -0.15) is 16.6 Å². The van der Waals surface area contributed by atoms with E-state index in [1.54, 1.807) is 0 Å². The lowest BCUT2D eigenvalue weighted by Crippen LogP contribution is -2.58. The molecule has 0 aromatic heterocycles. The molecule has 7 nitrogen and oxygen atoms in total. The number of benzene rings is 1. The maximum absolute atomic E-state index is 12.7. The van der Waals surface area contributed by atoms with Crippen molar-refractivity contribution in [2.24, 2.45) is 0 Å². The number of nitrogens with one attached hydrogen (secondary N) is 4. The van der Waals surface area contributed by atoms with E-state index in [2.05, 4.69) is 22.0 Å². The lowest BCUT2D eigenvalue weighted by molar-refractivity contribution is 0.216. The highest BCUT2D eigenvalue weighted by Gasteiger charge is 2.22. The van der Waals surface area contributed by atoms with Gasteiger partial charge in [0.1, 0.15) is 0 Å². The molecule has 0 radical (unpaired) electrons. The summed E-state index contributed by atoms with van der Waals surface area (Å²) >= 11 is 0. The summed E-state index contributed by atoms with van der Waals surface area (Å²) in [5, 5.41) is 0. The third kappa shape index (κ3) is 8.26. The molecule has 1 saturated heterocycles. The summed E-state index contributed by atoms with van der Waals surface area (Å²) in [5.41, 5.74) is 12.1. The third-order valence-corrected chi connectivity index (χ3v) is 5.92. The fourth-order valence-corrected chi connectivity index (χ4v) is 4.22. The normalized spacial score (nSPS) is 20.5. The molecule has 1 aromatic rings. The highest BCUT2D eigenvalue weighted by atomic mass is 32.2. The first kappa shape index (κ1) is 20.3. The third-order valence-electron chi connectivity index (χ3n) is 4.27. The van der Waals surface area contributed by atoms with Gasteiger partial charge in [0, 0.05) is 13.1 Å². The number of hydrazine groups is 4. The van der Waals surface area contributed by atoms with Crippen LogP contribution in [0.3, 0.4) is 0 Å². The van der Waals surface area contributed by atoms with E-state index in [1.165, 1.54) is 30.1 Å². The molecule has 1 aliphatic rings. The molecule has 0 spiro atoms. The van der Waals surface area contributed by atoms with Crippen molar-refractivity contribution in [2.75, 3.05) is 13.1 Å². The predicted molar refractivity (Wildman–Crippen MR) is 100 cm³/mol. The van der Waals surface area contributed by atoms with Gasteiger partial charge in [-0.05, 0) is 18.4 Å². The molecule has 0 atom stereocenters. The van der Waals surface area contributed by atoms with Crippen LogP contribution in [0.1, 0.15) is 56.9 Å². The number of nitrogens with zero attached hydrogens (tertiary/aromatic N) is 1. The van der Waals surface area contributed by atoms with Crippen molar-refractivity contribution in [1.29, 1.82) is 0 Å². The minimum absolute atomic E-state index is 0.0179. The van der Waals surface area contributed by atoms with Crippen LogP contribution in [0, 0.1) is 0 Å². The zero-order chi connectivity index (χ0) is 17.8. The number of rotatable bonds is 3. The first-order chi connectivity index (χ1) is 12.2. The van der Waals surface area contributed by atoms with Crippen molar-refractivity contribution in [3.8, 4) is 0 Å². The quantitative estimate of drug-likeness (QED) is 0.652. The van der Waals surface area contributed by atoms with E-state index in [1.807, 2.05) is 30.3 Å². The minimum Gasteiger partial charge on any atom is -0.243 e. The standard InChI is InChI=1S/C17H31N5O2S/c23-25(24,16-17-12-8-7-9-13-17)22-15-11-6-4-2-1-3-5-10-14-18-19-20-21-22/h7-9,12-13,18-21H,1-6,10-11,14-16H2. The fourth-order valence-electron chi connectivity index (χ4n) is 2.85. The molecule has 25 heavy (non-hydrogen) atoms. The molecule has 0 unspecified atom stereocenters. The average Bonchev–Trinajstić information content (AvgIpc) is 2.61. The van der Waals surface area contributed by atoms with Gasteiger partial charge in [0.05, 0.1) is 5.75 Å². The lowest BCUT2D eigenvalue weighted by Gasteiger charge is -2.23. The fraction of sp³-hybridized carbons (Fsp3) is 0.647. The first-order valence-corrected chi connectivity index (χ1v) is 10.8. The smallest absolute Gasteiger partial charge is 0.232 e. The Labute approximate surface area is 151 Å². The minimum atomic E-state index is -3.46. The average molecular weight is 370 g/mol. The van der Waals surface area contributed by atoms with E-state index >= 15 is 0 Å². The van der Waals surface area contributed by atoms with Gasteiger partial charge < -0.3 is 0 Å². The van der Waals surface area contributed by atoms with Gasteiger partial charge in [0.2, 0.25) is 10.0 Å². The summed E-state index contributed by atoms with van der Waals surface area (Å²) in [6.07, 6.45) is 9.14. The van der Waals surface area contributed by atoms with E-state index in [0.29, 0.717) is 6.54 Å². The molecule has 142 valence electrons. The second-order valence-corrected chi connectivity index (χ2v) is 8.32. The Morgan fingerprint density at radius 1 is 0.840 bits per heavy atom. The molecule has 0 aliphatic carbocycles. The maximum atomic E-state index is 12.7. The molecule has 1 aliphatic heterocycles. The van der Waals surface area contributed by atoms with Crippen molar-refractivity contribution < 1.29 is 8.42 Å². The van der Waals surface area contributed by atoms with Crippen LogP contribution < -0.4 is 22.0 Å². The molecule has 0 saturated carbocycles. The highest BCUT2D eigenvalue weighted by Crippen LogP contribution is 2.12. The van der Waals surface area contributed by atoms with E-state index < -0.39 is 10.0 Å². The van der Waals surface area contributed by atoms with Crippen LogP contribution in [0.4, 0.5) is 0 Å². The molecule has 1 fully saturated rings. The topological polar surface area (TPSA) is 85.5 Å². The zero-order valence-electron chi connectivity index (χ0n) is 14.8. The number of hydrogen-bond donors (Lipinski definition) is 4. The summed E-state index contributed by atoms with van der Waals surface area (Å²) in [4.78, 5) is 0.